The van der Waals surface area contributed by atoms with Crippen LogP contribution in [0.3, 0.4) is 0 Å². The molecule has 1 aliphatic carbocycles. The molecule has 0 amide bonds. The molecular weight excluding hydrogens is 344 g/mol. The predicted octanol–water partition coefficient (Wildman–Crippen LogP) is 5.10. The summed E-state index contributed by atoms with van der Waals surface area (Å²) in [5.74, 6) is 0.738. The molecule has 2 nitrogen and oxygen atoms in total. The molecule has 0 spiro atoms. The maximum absolute atomic E-state index is 5.84. The van der Waals surface area contributed by atoms with E-state index < -0.39 is 0 Å². The third kappa shape index (κ3) is 4.43. The highest BCUT2D eigenvalue weighted by atomic mass is 79.9. The summed E-state index contributed by atoms with van der Waals surface area (Å²) in [7, 11) is 0. The zero-order valence-electron chi connectivity index (χ0n) is 12.9. The average molecular weight is 369 g/mol. The van der Waals surface area contributed by atoms with Crippen LogP contribution in [0.25, 0.3) is 0 Å². The molecule has 0 aromatic heterocycles. The van der Waals surface area contributed by atoms with Gasteiger partial charge in [0.25, 0.3) is 0 Å². The summed E-state index contributed by atoms with van der Waals surface area (Å²) >= 11 is 8.69. The van der Waals surface area contributed by atoms with E-state index in [2.05, 4.69) is 41.2 Å². The SMILES string of the molecule is CC(C)CC1(CNc2cc(Br)ccc2C(N)=S)CCCC1. The largest absolute Gasteiger partial charge is 0.389 e. The van der Waals surface area contributed by atoms with Gasteiger partial charge in [-0.2, -0.15) is 0 Å². The fourth-order valence-electron chi connectivity index (χ4n) is 3.60. The second-order valence-corrected chi connectivity index (χ2v) is 8.07. The van der Waals surface area contributed by atoms with E-state index in [0.717, 1.165) is 28.2 Å². The highest BCUT2D eigenvalue weighted by Gasteiger charge is 2.34. The maximum Gasteiger partial charge on any atom is 0.106 e. The lowest BCUT2D eigenvalue weighted by Crippen LogP contribution is -2.29. The first-order chi connectivity index (χ1) is 9.92. The van der Waals surface area contributed by atoms with Crippen molar-refractivity contribution in [1.29, 1.82) is 0 Å². The second-order valence-electron chi connectivity index (χ2n) is 6.71. The topological polar surface area (TPSA) is 38.0 Å². The van der Waals surface area contributed by atoms with Crippen LogP contribution in [0.2, 0.25) is 0 Å². The van der Waals surface area contributed by atoms with Crippen LogP contribution in [0.4, 0.5) is 5.69 Å². The van der Waals surface area contributed by atoms with Gasteiger partial charge in [0.2, 0.25) is 0 Å². The van der Waals surface area contributed by atoms with Crippen LogP contribution in [0.15, 0.2) is 22.7 Å². The highest BCUT2D eigenvalue weighted by molar-refractivity contribution is 9.10. The third-order valence-electron chi connectivity index (χ3n) is 4.41. The molecule has 21 heavy (non-hydrogen) atoms. The van der Waals surface area contributed by atoms with E-state index in [1.165, 1.54) is 32.1 Å². The minimum atomic E-state index is 0.434. The number of halogens is 1. The Morgan fingerprint density at radius 1 is 1.38 bits per heavy atom. The van der Waals surface area contributed by atoms with Crippen LogP contribution in [-0.2, 0) is 0 Å². The molecular formula is C17H25BrN2S. The average Bonchev–Trinajstić information content (AvgIpc) is 2.84. The summed E-state index contributed by atoms with van der Waals surface area (Å²) in [6, 6.07) is 6.05. The molecule has 2 rings (SSSR count). The van der Waals surface area contributed by atoms with Gasteiger partial charge < -0.3 is 11.1 Å². The molecule has 1 aromatic carbocycles. The van der Waals surface area contributed by atoms with Crippen LogP contribution in [0, 0.1) is 11.3 Å². The maximum atomic E-state index is 5.84. The van der Waals surface area contributed by atoms with Crippen molar-refractivity contribution in [3.8, 4) is 0 Å². The van der Waals surface area contributed by atoms with Crippen LogP contribution >= 0.6 is 28.1 Å². The van der Waals surface area contributed by atoms with Crippen molar-refractivity contribution in [2.75, 3.05) is 11.9 Å². The van der Waals surface area contributed by atoms with E-state index in [9.17, 15) is 0 Å². The molecule has 0 saturated heterocycles. The standard InChI is InChI=1S/C17H25BrN2S/c1-12(2)10-17(7-3-4-8-17)11-20-15-9-13(18)5-6-14(15)16(19)21/h5-6,9,12,20H,3-4,7-8,10-11H2,1-2H3,(H2,19,21). The van der Waals surface area contributed by atoms with Crippen LogP contribution in [0.1, 0.15) is 51.5 Å². The van der Waals surface area contributed by atoms with E-state index in [4.69, 9.17) is 18.0 Å². The van der Waals surface area contributed by atoms with Gasteiger partial charge in [0.1, 0.15) is 4.99 Å². The fourth-order valence-corrected chi connectivity index (χ4v) is 4.14. The quantitative estimate of drug-likeness (QED) is 0.685. The zero-order chi connectivity index (χ0) is 15.5. The predicted molar refractivity (Wildman–Crippen MR) is 98.9 cm³/mol. The minimum Gasteiger partial charge on any atom is -0.389 e. The van der Waals surface area contributed by atoms with Gasteiger partial charge in [-0.15, -0.1) is 0 Å². The van der Waals surface area contributed by atoms with Gasteiger partial charge in [-0.05, 0) is 48.8 Å². The first-order valence-corrected chi connectivity index (χ1v) is 8.95. The first kappa shape index (κ1) is 16.8. The molecule has 1 aliphatic rings. The van der Waals surface area contributed by atoms with Crippen molar-refractivity contribution in [3.63, 3.8) is 0 Å². The van der Waals surface area contributed by atoms with Gasteiger partial charge >= 0.3 is 0 Å². The lowest BCUT2D eigenvalue weighted by atomic mass is 9.78. The number of hydrogen-bond acceptors (Lipinski definition) is 2. The highest BCUT2D eigenvalue weighted by Crippen LogP contribution is 2.43. The van der Waals surface area contributed by atoms with E-state index in [1.807, 2.05) is 12.1 Å². The van der Waals surface area contributed by atoms with Gasteiger partial charge in [-0.25, -0.2) is 0 Å². The molecule has 0 aliphatic heterocycles. The van der Waals surface area contributed by atoms with E-state index >= 15 is 0 Å². The van der Waals surface area contributed by atoms with Crippen molar-refractivity contribution in [2.45, 2.75) is 46.0 Å². The van der Waals surface area contributed by atoms with Crippen molar-refractivity contribution >= 4 is 38.8 Å². The number of anilines is 1. The summed E-state index contributed by atoms with van der Waals surface area (Å²) in [6.07, 6.45) is 6.66. The number of nitrogens with two attached hydrogens (primary N) is 1. The molecule has 0 radical (unpaired) electrons. The van der Waals surface area contributed by atoms with Crippen LogP contribution in [-0.4, -0.2) is 11.5 Å². The minimum absolute atomic E-state index is 0.434. The molecule has 0 unspecified atom stereocenters. The second kappa shape index (κ2) is 7.10. The molecule has 116 valence electrons. The lowest BCUT2D eigenvalue weighted by molar-refractivity contribution is 0.252. The van der Waals surface area contributed by atoms with E-state index in [0.29, 0.717) is 10.4 Å². The number of thiocarbonyl (C=S) groups is 1. The number of rotatable bonds is 6. The smallest absolute Gasteiger partial charge is 0.106 e. The summed E-state index contributed by atoms with van der Waals surface area (Å²) in [5.41, 5.74) is 8.26. The Kier molecular flexibility index (Phi) is 5.67. The molecule has 1 fully saturated rings. The van der Waals surface area contributed by atoms with Gasteiger partial charge in [-0.3, -0.25) is 0 Å². The number of nitrogens with one attached hydrogen (secondary N) is 1. The van der Waals surface area contributed by atoms with Crippen molar-refractivity contribution < 1.29 is 0 Å². The number of hydrogen-bond donors (Lipinski definition) is 2. The van der Waals surface area contributed by atoms with Crippen molar-refractivity contribution in [1.82, 2.24) is 0 Å². The van der Waals surface area contributed by atoms with E-state index in [1.54, 1.807) is 0 Å². The molecule has 0 heterocycles. The molecule has 0 bridgehead atoms. The van der Waals surface area contributed by atoms with Crippen molar-refractivity contribution in [2.24, 2.45) is 17.1 Å². The van der Waals surface area contributed by atoms with Gasteiger partial charge in [-0.1, -0.05) is 54.8 Å². The van der Waals surface area contributed by atoms with Gasteiger partial charge in [0, 0.05) is 22.3 Å². The normalized spacial score (nSPS) is 17.1. The summed E-state index contributed by atoms with van der Waals surface area (Å²) in [6.45, 7) is 5.65. The Morgan fingerprint density at radius 2 is 2.05 bits per heavy atom. The third-order valence-corrected chi connectivity index (χ3v) is 5.12. The summed E-state index contributed by atoms with van der Waals surface area (Å²) < 4.78 is 1.05. The Morgan fingerprint density at radius 3 is 2.62 bits per heavy atom. The first-order valence-electron chi connectivity index (χ1n) is 7.75. The Balaban J connectivity index is 2.14. The summed E-state index contributed by atoms with van der Waals surface area (Å²) in [4.78, 5) is 0.453. The molecule has 3 N–H and O–H groups in total. The number of benzene rings is 1. The molecule has 0 atom stereocenters. The zero-order valence-corrected chi connectivity index (χ0v) is 15.3. The molecule has 1 saturated carbocycles. The molecule has 1 aromatic rings. The Labute approximate surface area is 142 Å². The fraction of sp³-hybridized carbons (Fsp3) is 0.588. The monoisotopic (exact) mass is 368 g/mol. The Bertz CT molecular complexity index is 508. The van der Waals surface area contributed by atoms with Gasteiger partial charge in [0.05, 0.1) is 0 Å². The summed E-state index contributed by atoms with van der Waals surface area (Å²) in [5, 5.41) is 3.63. The van der Waals surface area contributed by atoms with Gasteiger partial charge in [0.15, 0.2) is 0 Å². The molecule has 4 heteroatoms. The van der Waals surface area contributed by atoms with E-state index in [-0.39, 0.29) is 0 Å². The van der Waals surface area contributed by atoms with Crippen LogP contribution < -0.4 is 11.1 Å². The van der Waals surface area contributed by atoms with Crippen LogP contribution in [0.5, 0.6) is 0 Å². The van der Waals surface area contributed by atoms with Crippen molar-refractivity contribution in [3.05, 3.63) is 28.2 Å². The lowest BCUT2D eigenvalue weighted by Gasteiger charge is -2.32. The Hall–Kier alpha value is -0.610.